The molecule has 0 radical (unpaired) electrons. The summed E-state index contributed by atoms with van der Waals surface area (Å²) >= 11 is 0. The van der Waals surface area contributed by atoms with Gasteiger partial charge in [0.25, 0.3) is 0 Å². The van der Waals surface area contributed by atoms with Crippen LogP contribution in [-0.2, 0) is 9.59 Å². The van der Waals surface area contributed by atoms with Crippen LogP contribution in [0, 0.1) is 23.7 Å². The van der Waals surface area contributed by atoms with E-state index < -0.39 is 0 Å². The summed E-state index contributed by atoms with van der Waals surface area (Å²) in [5.74, 6) is 1.14. The van der Waals surface area contributed by atoms with Crippen LogP contribution in [0.4, 0.5) is 5.69 Å². The van der Waals surface area contributed by atoms with Crippen molar-refractivity contribution in [3.05, 3.63) is 30.3 Å². The van der Waals surface area contributed by atoms with Gasteiger partial charge in [0.1, 0.15) is 0 Å². The third kappa shape index (κ3) is 2.23. The van der Waals surface area contributed by atoms with E-state index in [0.717, 1.165) is 12.8 Å². The molecule has 4 rings (SSSR count). The molecule has 0 bridgehead atoms. The predicted octanol–water partition coefficient (Wildman–Crippen LogP) is 3.74. The van der Waals surface area contributed by atoms with Gasteiger partial charge in [-0.25, -0.2) is 4.99 Å². The monoisotopic (exact) mass is 295 g/mol. The lowest BCUT2D eigenvalue weighted by Crippen LogP contribution is -2.35. The Labute approximate surface area is 130 Å². The van der Waals surface area contributed by atoms with Crippen LogP contribution in [0.25, 0.3) is 0 Å². The number of fused-ring (bicyclic) bond motifs is 2. The number of Topliss-reactive ketones (excluding diaryl/α,β-unsaturated/α-hetero) is 2. The first-order valence-corrected chi connectivity index (χ1v) is 8.46. The lowest BCUT2D eigenvalue weighted by molar-refractivity contribution is -0.123. The first kappa shape index (κ1) is 13.9. The van der Waals surface area contributed by atoms with Crippen LogP contribution in [0.3, 0.4) is 0 Å². The predicted molar refractivity (Wildman–Crippen MR) is 85.2 cm³/mol. The standard InChI is InChI=1S/C19H21NO2/c21-18-15-10-12-6-4-5-7-13(12)11-16(15)19(22)17(18)20-14-8-2-1-3-9-14/h1-3,8-9,12-13,15-16H,4-7,10-11H2. The summed E-state index contributed by atoms with van der Waals surface area (Å²) < 4.78 is 0. The Morgan fingerprint density at radius 3 is 1.91 bits per heavy atom. The highest BCUT2D eigenvalue weighted by Crippen LogP contribution is 2.48. The number of hydrogen-bond donors (Lipinski definition) is 0. The number of para-hydroxylation sites is 1. The number of carbonyl (C=O) groups excluding carboxylic acids is 2. The van der Waals surface area contributed by atoms with Gasteiger partial charge in [-0.15, -0.1) is 0 Å². The molecule has 3 aliphatic carbocycles. The van der Waals surface area contributed by atoms with E-state index >= 15 is 0 Å². The third-order valence-corrected chi connectivity index (χ3v) is 5.80. The third-order valence-electron chi connectivity index (χ3n) is 5.80. The van der Waals surface area contributed by atoms with E-state index in [-0.39, 0.29) is 29.1 Å². The summed E-state index contributed by atoms with van der Waals surface area (Å²) in [6.45, 7) is 0. The van der Waals surface area contributed by atoms with E-state index in [1.807, 2.05) is 30.3 Å². The molecule has 3 aliphatic rings. The molecule has 0 N–H and O–H groups in total. The Hall–Kier alpha value is -1.77. The summed E-state index contributed by atoms with van der Waals surface area (Å²) in [5.41, 5.74) is 0.912. The molecule has 3 nitrogen and oxygen atoms in total. The quantitative estimate of drug-likeness (QED) is 0.792. The normalized spacial score (nSPS) is 34.3. The van der Waals surface area contributed by atoms with E-state index in [9.17, 15) is 9.59 Å². The van der Waals surface area contributed by atoms with Crippen molar-refractivity contribution >= 4 is 23.0 Å². The molecule has 0 aliphatic heterocycles. The average Bonchev–Trinajstić information content (AvgIpc) is 2.79. The molecule has 1 aromatic carbocycles. The van der Waals surface area contributed by atoms with Gasteiger partial charge in [0.05, 0.1) is 5.69 Å². The zero-order valence-corrected chi connectivity index (χ0v) is 12.7. The molecule has 4 unspecified atom stereocenters. The Kier molecular flexibility index (Phi) is 3.44. The second kappa shape index (κ2) is 5.45. The maximum atomic E-state index is 12.7. The molecule has 0 saturated heterocycles. The second-order valence-electron chi connectivity index (χ2n) is 7.01. The van der Waals surface area contributed by atoms with Crippen molar-refractivity contribution in [2.24, 2.45) is 28.7 Å². The van der Waals surface area contributed by atoms with Crippen molar-refractivity contribution in [1.29, 1.82) is 0 Å². The molecular weight excluding hydrogens is 274 g/mol. The maximum Gasteiger partial charge on any atom is 0.188 e. The fraction of sp³-hybridized carbons (Fsp3) is 0.526. The lowest BCUT2D eigenvalue weighted by atomic mass is 9.64. The molecule has 0 spiro atoms. The van der Waals surface area contributed by atoms with Gasteiger partial charge in [0.15, 0.2) is 17.3 Å². The summed E-state index contributed by atoms with van der Waals surface area (Å²) in [7, 11) is 0. The number of rotatable bonds is 1. The fourth-order valence-electron chi connectivity index (χ4n) is 4.68. The summed E-state index contributed by atoms with van der Waals surface area (Å²) in [6, 6.07) is 9.35. The molecular formula is C19H21NO2. The van der Waals surface area contributed by atoms with Crippen molar-refractivity contribution in [2.75, 3.05) is 0 Å². The molecule has 22 heavy (non-hydrogen) atoms. The van der Waals surface area contributed by atoms with Gasteiger partial charge in [0.2, 0.25) is 0 Å². The van der Waals surface area contributed by atoms with Crippen LogP contribution in [0.1, 0.15) is 38.5 Å². The minimum atomic E-state index is -0.0886. The molecule has 3 fully saturated rings. The van der Waals surface area contributed by atoms with Crippen molar-refractivity contribution in [1.82, 2.24) is 0 Å². The first-order chi connectivity index (χ1) is 10.7. The van der Waals surface area contributed by atoms with Crippen LogP contribution in [-0.4, -0.2) is 17.3 Å². The van der Waals surface area contributed by atoms with Crippen LogP contribution < -0.4 is 0 Å². The molecule has 3 heteroatoms. The molecule has 0 amide bonds. The zero-order chi connectivity index (χ0) is 15.1. The van der Waals surface area contributed by atoms with E-state index in [1.54, 1.807) is 0 Å². The number of carbonyl (C=O) groups is 2. The summed E-state index contributed by atoms with van der Waals surface area (Å²) in [6.07, 6.45) is 6.86. The number of hydrogen-bond acceptors (Lipinski definition) is 3. The molecule has 114 valence electrons. The Morgan fingerprint density at radius 2 is 1.36 bits per heavy atom. The van der Waals surface area contributed by atoms with Gasteiger partial charge in [-0.05, 0) is 36.8 Å². The van der Waals surface area contributed by atoms with Gasteiger partial charge in [-0.2, -0.15) is 0 Å². The van der Waals surface area contributed by atoms with Gasteiger partial charge in [0, 0.05) is 11.8 Å². The maximum absolute atomic E-state index is 12.7. The van der Waals surface area contributed by atoms with Gasteiger partial charge < -0.3 is 0 Å². The molecule has 0 heterocycles. The zero-order valence-electron chi connectivity index (χ0n) is 12.7. The van der Waals surface area contributed by atoms with E-state index in [2.05, 4.69) is 4.99 Å². The smallest absolute Gasteiger partial charge is 0.188 e. The topological polar surface area (TPSA) is 46.5 Å². The van der Waals surface area contributed by atoms with E-state index in [4.69, 9.17) is 0 Å². The molecule has 0 aromatic heterocycles. The minimum Gasteiger partial charge on any atom is -0.292 e. The Morgan fingerprint density at radius 1 is 0.818 bits per heavy atom. The number of ketones is 2. The van der Waals surface area contributed by atoms with Crippen molar-refractivity contribution < 1.29 is 9.59 Å². The van der Waals surface area contributed by atoms with Crippen LogP contribution in [0.2, 0.25) is 0 Å². The fourth-order valence-corrected chi connectivity index (χ4v) is 4.68. The molecule has 4 atom stereocenters. The highest BCUT2D eigenvalue weighted by Gasteiger charge is 2.52. The summed E-state index contributed by atoms with van der Waals surface area (Å²) in [5, 5.41) is 0. The number of aliphatic imine (C=N–C) groups is 1. The first-order valence-electron chi connectivity index (χ1n) is 8.46. The largest absolute Gasteiger partial charge is 0.292 e. The average molecular weight is 295 g/mol. The van der Waals surface area contributed by atoms with Gasteiger partial charge in [-0.3, -0.25) is 9.59 Å². The molecule has 1 aromatic rings. The number of benzene rings is 1. The Balaban J connectivity index is 1.63. The van der Waals surface area contributed by atoms with Gasteiger partial charge in [-0.1, -0.05) is 43.9 Å². The minimum absolute atomic E-state index is 0.00266. The van der Waals surface area contributed by atoms with Crippen molar-refractivity contribution in [3.8, 4) is 0 Å². The van der Waals surface area contributed by atoms with E-state index in [1.165, 1.54) is 25.7 Å². The van der Waals surface area contributed by atoms with Crippen LogP contribution >= 0.6 is 0 Å². The van der Waals surface area contributed by atoms with Crippen LogP contribution in [0.15, 0.2) is 35.3 Å². The Bertz CT molecular complexity index is 600. The van der Waals surface area contributed by atoms with Gasteiger partial charge >= 0.3 is 0 Å². The highest BCUT2D eigenvalue weighted by atomic mass is 16.2. The number of nitrogens with zero attached hydrogens (tertiary/aromatic N) is 1. The van der Waals surface area contributed by atoms with Crippen LogP contribution in [0.5, 0.6) is 0 Å². The van der Waals surface area contributed by atoms with E-state index in [0.29, 0.717) is 17.5 Å². The molecule has 3 saturated carbocycles. The highest BCUT2D eigenvalue weighted by molar-refractivity contribution is 6.70. The summed E-state index contributed by atoms with van der Waals surface area (Å²) in [4.78, 5) is 29.7. The lowest BCUT2D eigenvalue weighted by Gasteiger charge is -2.39. The van der Waals surface area contributed by atoms with Crippen molar-refractivity contribution in [3.63, 3.8) is 0 Å². The SMILES string of the molecule is O=C1C(=Nc2ccccc2)C(=O)C2CC3CCCCC3CC12. The second-order valence-corrected chi connectivity index (χ2v) is 7.01. The van der Waals surface area contributed by atoms with Crippen molar-refractivity contribution in [2.45, 2.75) is 38.5 Å².